The molecular weight excluding hydrogens is 322 g/mol. The molecule has 2 aromatic carbocycles. The molecule has 0 aliphatic heterocycles. The second-order valence-corrected chi connectivity index (χ2v) is 6.55. The molecule has 0 bridgehead atoms. The lowest BCUT2D eigenvalue weighted by molar-refractivity contribution is -0.384. The number of nitro benzene ring substituents is 1. The fraction of sp³-hybridized carbons (Fsp3) is 0.278. The number of non-ortho nitro benzene ring substituents is 1. The summed E-state index contributed by atoms with van der Waals surface area (Å²) in [6.45, 7) is 6.34. The summed E-state index contributed by atoms with van der Waals surface area (Å²) in [7, 11) is 1.38. The summed E-state index contributed by atoms with van der Waals surface area (Å²) >= 11 is 0. The van der Waals surface area contributed by atoms with Crippen molar-refractivity contribution in [3.05, 3.63) is 58.1 Å². The molecule has 0 unspecified atom stereocenters. The number of methoxy groups -OCH3 is 1. The molecule has 2 rings (SSSR count). The van der Waals surface area contributed by atoms with E-state index in [-0.39, 0.29) is 16.9 Å². The van der Waals surface area contributed by atoms with Crippen molar-refractivity contribution >= 4 is 23.1 Å². The Kier molecular flexibility index (Phi) is 5.26. The molecule has 7 heteroatoms. The maximum atomic E-state index is 12.1. The lowest BCUT2D eigenvalue weighted by Gasteiger charge is -2.19. The summed E-state index contributed by atoms with van der Waals surface area (Å²) in [6, 6.07) is 11.1. The van der Waals surface area contributed by atoms with E-state index in [0.29, 0.717) is 11.4 Å². The number of benzene rings is 2. The van der Waals surface area contributed by atoms with Crippen molar-refractivity contribution in [2.75, 3.05) is 17.7 Å². The number of hydrogen-bond acceptors (Lipinski definition) is 4. The normalized spacial score (nSPS) is 10.9. The molecule has 0 radical (unpaired) electrons. The van der Waals surface area contributed by atoms with Crippen LogP contribution < -0.4 is 15.4 Å². The minimum absolute atomic E-state index is 0.0346. The highest BCUT2D eigenvalue weighted by molar-refractivity contribution is 6.00. The molecule has 2 aromatic rings. The monoisotopic (exact) mass is 343 g/mol. The number of hydrogen-bond donors (Lipinski definition) is 2. The van der Waals surface area contributed by atoms with Gasteiger partial charge in [-0.15, -0.1) is 0 Å². The lowest BCUT2D eigenvalue weighted by Crippen LogP contribution is -2.20. The van der Waals surface area contributed by atoms with Gasteiger partial charge in [-0.05, 0) is 29.2 Å². The van der Waals surface area contributed by atoms with Crippen LogP contribution in [0.1, 0.15) is 26.3 Å². The molecule has 0 heterocycles. The topological polar surface area (TPSA) is 93.5 Å². The average molecular weight is 343 g/mol. The van der Waals surface area contributed by atoms with E-state index < -0.39 is 11.0 Å². The summed E-state index contributed by atoms with van der Waals surface area (Å²) in [4.78, 5) is 22.4. The summed E-state index contributed by atoms with van der Waals surface area (Å²) in [5.41, 5.74) is 2.08. The highest BCUT2D eigenvalue weighted by atomic mass is 16.6. The zero-order valence-corrected chi connectivity index (χ0v) is 14.6. The largest absolute Gasteiger partial charge is 0.494 e. The number of anilines is 2. The van der Waals surface area contributed by atoms with Gasteiger partial charge in [0.15, 0.2) is 0 Å². The van der Waals surface area contributed by atoms with Crippen LogP contribution in [0.2, 0.25) is 0 Å². The predicted molar refractivity (Wildman–Crippen MR) is 97.4 cm³/mol. The number of rotatable bonds is 4. The molecule has 0 atom stereocenters. The zero-order valence-electron chi connectivity index (χ0n) is 14.6. The van der Waals surface area contributed by atoms with Gasteiger partial charge in [-0.2, -0.15) is 0 Å². The highest BCUT2D eigenvalue weighted by Crippen LogP contribution is 2.29. The van der Waals surface area contributed by atoms with Crippen molar-refractivity contribution in [2.45, 2.75) is 26.2 Å². The quantitative estimate of drug-likeness (QED) is 0.629. The maximum absolute atomic E-state index is 12.1. The van der Waals surface area contributed by atoms with Crippen molar-refractivity contribution in [3.63, 3.8) is 0 Å². The third-order valence-corrected chi connectivity index (χ3v) is 3.65. The Morgan fingerprint density at radius 3 is 2.24 bits per heavy atom. The van der Waals surface area contributed by atoms with Crippen LogP contribution in [0.15, 0.2) is 42.5 Å². The van der Waals surface area contributed by atoms with E-state index in [9.17, 15) is 14.9 Å². The number of ether oxygens (including phenoxy) is 1. The van der Waals surface area contributed by atoms with Crippen molar-refractivity contribution < 1.29 is 14.5 Å². The fourth-order valence-corrected chi connectivity index (χ4v) is 2.23. The van der Waals surface area contributed by atoms with Gasteiger partial charge in [-0.25, -0.2) is 4.79 Å². The van der Waals surface area contributed by atoms with Crippen LogP contribution in [-0.2, 0) is 5.41 Å². The number of nitrogens with one attached hydrogen (secondary N) is 2. The summed E-state index contributed by atoms with van der Waals surface area (Å²) in [5.74, 6) is 0.215. The number of urea groups is 1. The Morgan fingerprint density at radius 1 is 1.08 bits per heavy atom. The fourth-order valence-electron chi connectivity index (χ4n) is 2.23. The van der Waals surface area contributed by atoms with Crippen LogP contribution in [0.3, 0.4) is 0 Å². The van der Waals surface area contributed by atoms with Gasteiger partial charge >= 0.3 is 6.03 Å². The van der Waals surface area contributed by atoms with E-state index in [4.69, 9.17) is 4.74 Å². The molecule has 0 spiro atoms. The Bertz CT molecular complexity index is 780. The summed E-state index contributed by atoms with van der Waals surface area (Å²) in [5, 5.41) is 16.1. The van der Waals surface area contributed by atoms with Gasteiger partial charge in [0.05, 0.1) is 23.8 Å². The summed E-state index contributed by atoms with van der Waals surface area (Å²) in [6.07, 6.45) is 0. The van der Waals surface area contributed by atoms with Crippen LogP contribution in [0.5, 0.6) is 5.75 Å². The van der Waals surface area contributed by atoms with Crippen molar-refractivity contribution in [2.24, 2.45) is 0 Å². The van der Waals surface area contributed by atoms with Gasteiger partial charge in [-0.3, -0.25) is 10.1 Å². The highest BCUT2D eigenvalue weighted by Gasteiger charge is 2.15. The standard InChI is InChI=1S/C18H21N3O4/c1-18(2,3)12-5-7-13(8-6-12)19-17(22)20-15-10-9-14(21(23)24)11-16(15)25-4/h5-11H,1-4H3,(H2,19,20,22). The van der Waals surface area contributed by atoms with Gasteiger partial charge in [-0.1, -0.05) is 32.9 Å². The first-order valence-corrected chi connectivity index (χ1v) is 7.71. The molecule has 0 aromatic heterocycles. The molecule has 0 saturated heterocycles. The first kappa shape index (κ1) is 18.3. The van der Waals surface area contributed by atoms with Gasteiger partial charge in [0, 0.05) is 11.8 Å². The van der Waals surface area contributed by atoms with E-state index in [0.717, 1.165) is 5.56 Å². The van der Waals surface area contributed by atoms with E-state index in [2.05, 4.69) is 31.4 Å². The minimum Gasteiger partial charge on any atom is -0.494 e. The number of amides is 2. The van der Waals surface area contributed by atoms with Gasteiger partial charge in [0.2, 0.25) is 0 Å². The molecule has 0 saturated carbocycles. The Balaban J connectivity index is 2.08. The molecule has 0 aliphatic rings. The zero-order chi connectivity index (χ0) is 18.6. The van der Waals surface area contributed by atoms with Crippen molar-refractivity contribution in [3.8, 4) is 5.75 Å². The van der Waals surface area contributed by atoms with Crippen LogP contribution in [0, 0.1) is 10.1 Å². The van der Waals surface area contributed by atoms with Gasteiger partial charge in [0.25, 0.3) is 5.69 Å². The molecule has 7 nitrogen and oxygen atoms in total. The molecular formula is C18H21N3O4. The van der Waals surface area contributed by atoms with E-state index in [1.165, 1.54) is 25.3 Å². The maximum Gasteiger partial charge on any atom is 0.323 e. The lowest BCUT2D eigenvalue weighted by atomic mass is 9.87. The van der Waals surface area contributed by atoms with Crippen LogP contribution in [0.4, 0.5) is 21.9 Å². The Hall–Kier alpha value is -3.09. The predicted octanol–water partition coefficient (Wildman–Crippen LogP) is 4.54. The molecule has 2 amide bonds. The van der Waals surface area contributed by atoms with Crippen LogP contribution in [-0.4, -0.2) is 18.1 Å². The average Bonchev–Trinajstić information content (AvgIpc) is 2.54. The SMILES string of the molecule is COc1cc([N+](=O)[O-])ccc1NC(=O)Nc1ccc(C(C)(C)C)cc1. The molecule has 0 aliphatic carbocycles. The van der Waals surface area contributed by atoms with Crippen LogP contribution >= 0.6 is 0 Å². The number of nitrogens with zero attached hydrogens (tertiary/aromatic N) is 1. The minimum atomic E-state index is -0.525. The number of carbonyl (C=O) groups excluding carboxylic acids is 1. The Labute approximate surface area is 146 Å². The molecule has 25 heavy (non-hydrogen) atoms. The number of carbonyl (C=O) groups is 1. The third-order valence-electron chi connectivity index (χ3n) is 3.65. The van der Waals surface area contributed by atoms with E-state index in [1.54, 1.807) is 0 Å². The van der Waals surface area contributed by atoms with Gasteiger partial charge in [0.1, 0.15) is 5.75 Å². The molecule has 0 fully saturated rings. The first-order chi connectivity index (χ1) is 11.7. The van der Waals surface area contributed by atoms with E-state index >= 15 is 0 Å². The second-order valence-electron chi connectivity index (χ2n) is 6.55. The first-order valence-electron chi connectivity index (χ1n) is 7.71. The Morgan fingerprint density at radius 2 is 1.72 bits per heavy atom. The smallest absolute Gasteiger partial charge is 0.323 e. The number of nitro groups is 1. The van der Waals surface area contributed by atoms with Crippen molar-refractivity contribution in [1.29, 1.82) is 0 Å². The second kappa shape index (κ2) is 7.21. The van der Waals surface area contributed by atoms with Crippen LogP contribution in [0.25, 0.3) is 0 Å². The van der Waals surface area contributed by atoms with Gasteiger partial charge < -0.3 is 15.4 Å². The van der Waals surface area contributed by atoms with Crippen molar-refractivity contribution in [1.82, 2.24) is 0 Å². The summed E-state index contributed by atoms with van der Waals surface area (Å²) < 4.78 is 5.09. The third kappa shape index (κ3) is 4.69. The molecule has 2 N–H and O–H groups in total. The van der Waals surface area contributed by atoms with E-state index in [1.807, 2.05) is 24.3 Å². The molecule has 132 valence electrons.